The van der Waals surface area contributed by atoms with Gasteiger partial charge in [0, 0.05) is 24.5 Å². The molecule has 0 aliphatic carbocycles. The van der Waals surface area contributed by atoms with Crippen molar-refractivity contribution in [2.75, 3.05) is 19.0 Å². The molecule has 122 valence electrons. The van der Waals surface area contributed by atoms with Crippen molar-refractivity contribution in [3.63, 3.8) is 0 Å². The van der Waals surface area contributed by atoms with Gasteiger partial charge in [-0.1, -0.05) is 38.1 Å². The minimum atomic E-state index is 0.141. The second-order valence-electron chi connectivity index (χ2n) is 6.23. The fourth-order valence-corrected chi connectivity index (χ4v) is 3.39. The fourth-order valence-electron chi connectivity index (χ4n) is 2.56. The average molecular weight is 321 g/mol. The van der Waals surface area contributed by atoms with Gasteiger partial charge in [-0.15, -0.1) is 11.8 Å². The van der Waals surface area contributed by atoms with Crippen LogP contribution in [-0.2, 0) is 9.53 Å². The van der Waals surface area contributed by atoms with E-state index in [1.807, 2.05) is 0 Å². The van der Waals surface area contributed by atoms with Crippen molar-refractivity contribution in [2.24, 2.45) is 0 Å². The van der Waals surface area contributed by atoms with Crippen LogP contribution in [0.1, 0.15) is 55.9 Å². The van der Waals surface area contributed by atoms with Gasteiger partial charge in [-0.2, -0.15) is 0 Å². The van der Waals surface area contributed by atoms with Crippen molar-refractivity contribution in [2.45, 2.75) is 50.8 Å². The summed E-state index contributed by atoms with van der Waals surface area (Å²) < 4.78 is 5.31. The van der Waals surface area contributed by atoms with Crippen LogP contribution < -0.4 is 5.32 Å². The molecule has 1 N–H and O–H groups in total. The van der Waals surface area contributed by atoms with Gasteiger partial charge < -0.3 is 10.1 Å². The van der Waals surface area contributed by atoms with Gasteiger partial charge in [0.15, 0.2) is 0 Å². The molecule has 0 bridgehead atoms. The predicted molar refractivity (Wildman–Crippen MR) is 93.4 cm³/mol. The van der Waals surface area contributed by atoms with Gasteiger partial charge >= 0.3 is 0 Å². The third kappa shape index (κ3) is 5.33. The molecule has 1 aliphatic rings. The fraction of sp³-hybridized carbons (Fsp3) is 0.611. The van der Waals surface area contributed by atoms with Gasteiger partial charge in [-0.05, 0) is 36.8 Å². The molecule has 0 spiro atoms. The summed E-state index contributed by atoms with van der Waals surface area (Å²) in [4.78, 5) is 12.0. The smallest absolute Gasteiger partial charge is 0.230 e. The molecule has 22 heavy (non-hydrogen) atoms. The average Bonchev–Trinajstić information content (AvgIpc) is 2.53. The number of hydrogen-bond donors (Lipinski definition) is 1. The second kappa shape index (κ2) is 8.59. The summed E-state index contributed by atoms with van der Waals surface area (Å²) >= 11 is 1.70. The number of ether oxygens (including phenoxy) is 1. The zero-order valence-electron chi connectivity index (χ0n) is 13.8. The number of amides is 1. The van der Waals surface area contributed by atoms with Gasteiger partial charge in [0.1, 0.15) is 0 Å². The Balaban J connectivity index is 1.76. The topological polar surface area (TPSA) is 38.3 Å². The molecular weight excluding hydrogens is 294 g/mol. The van der Waals surface area contributed by atoms with Crippen LogP contribution in [0.3, 0.4) is 0 Å². The molecule has 1 aromatic carbocycles. The quantitative estimate of drug-likeness (QED) is 0.863. The monoisotopic (exact) mass is 321 g/mol. The van der Waals surface area contributed by atoms with Crippen LogP contribution in [-0.4, -0.2) is 30.9 Å². The Morgan fingerprint density at radius 3 is 2.36 bits per heavy atom. The third-order valence-electron chi connectivity index (χ3n) is 4.12. The molecule has 0 radical (unpaired) electrons. The first-order chi connectivity index (χ1) is 10.6. The Hall–Kier alpha value is -1.00. The van der Waals surface area contributed by atoms with E-state index >= 15 is 0 Å². The van der Waals surface area contributed by atoms with Crippen LogP contribution >= 0.6 is 11.8 Å². The van der Waals surface area contributed by atoms with E-state index in [0.717, 1.165) is 26.1 Å². The molecule has 1 heterocycles. The molecule has 2 rings (SSSR count). The van der Waals surface area contributed by atoms with Gasteiger partial charge in [0.25, 0.3) is 0 Å². The minimum Gasteiger partial charge on any atom is -0.381 e. The molecule has 0 unspecified atom stereocenters. The van der Waals surface area contributed by atoms with Gasteiger partial charge in [-0.3, -0.25) is 4.79 Å². The molecule has 0 saturated carbocycles. The minimum absolute atomic E-state index is 0.141. The van der Waals surface area contributed by atoms with Gasteiger partial charge in [0.05, 0.1) is 5.75 Å². The van der Waals surface area contributed by atoms with Crippen LogP contribution in [0.5, 0.6) is 0 Å². The lowest BCUT2D eigenvalue weighted by Crippen LogP contribution is -2.39. The van der Waals surface area contributed by atoms with E-state index in [2.05, 4.69) is 50.4 Å². The summed E-state index contributed by atoms with van der Waals surface area (Å²) in [5.41, 5.74) is 2.64. The van der Waals surface area contributed by atoms with Crippen LogP contribution in [0.15, 0.2) is 24.3 Å². The first kappa shape index (κ1) is 17.4. The Morgan fingerprint density at radius 2 is 1.77 bits per heavy atom. The van der Waals surface area contributed by atoms with Crippen LogP contribution in [0.2, 0.25) is 0 Å². The predicted octanol–water partition coefficient (Wildman–Crippen LogP) is 3.90. The molecule has 4 heteroatoms. The Bertz CT molecular complexity index is 466. The molecule has 0 aromatic heterocycles. The second-order valence-corrected chi connectivity index (χ2v) is 7.56. The van der Waals surface area contributed by atoms with Crippen molar-refractivity contribution in [3.8, 4) is 0 Å². The molecular formula is C18H27NO2S. The Morgan fingerprint density at radius 1 is 1.18 bits per heavy atom. The van der Waals surface area contributed by atoms with E-state index in [1.165, 1.54) is 11.1 Å². The first-order valence-corrected chi connectivity index (χ1v) is 9.19. The van der Waals surface area contributed by atoms with Crippen molar-refractivity contribution in [3.05, 3.63) is 35.4 Å². The summed E-state index contributed by atoms with van der Waals surface area (Å²) in [7, 11) is 0. The maximum absolute atomic E-state index is 12.0. The zero-order chi connectivity index (χ0) is 15.9. The molecule has 1 atom stereocenters. The lowest BCUT2D eigenvalue weighted by atomic mass is 10.0. The first-order valence-electron chi connectivity index (χ1n) is 8.15. The summed E-state index contributed by atoms with van der Waals surface area (Å²) in [5.74, 6) is 1.22. The van der Waals surface area contributed by atoms with Crippen LogP contribution in [0, 0.1) is 0 Å². The zero-order valence-corrected chi connectivity index (χ0v) is 14.6. The molecule has 1 aromatic rings. The number of hydrogen-bond acceptors (Lipinski definition) is 3. The summed E-state index contributed by atoms with van der Waals surface area (Å²) in [6.45, 7) is 8.09. The van der Waals surface area contributed by atoms with Crippen LogP contribution in [0.4, 0.5) is 0 Å². The normalized spacial score (nSPS) is 17.5. The highest BCUT2D eigenvalue weighted by molar-refractivity contribution is 8.00. The highest BCUT2D eigenvalue weighted by atomic mass is 32.2. The van der Waals surface area contributed by atoms with Crippen molar-refractivity contribution in [1.29, 1.82) is 0 Å². The van der Waals surface area contributed by atoms with Gasteiger partial charge in [-0.25, -0.2) is 0 Å². The van der Waals surface area contributed by atoms with Gasteiger partial charge in [0.2, 0.25) is 5.91 Å². The number of carbonyl (C=O) groups excluding carboxylic acids is 1. The van der Waals surface area contributed by atoms with E-state index in [-0.39, 0.29) is 5.91 Å². The lowest BCUT2D eigenvalue weighted by Gasteiger charge is -2.23. The van der Waals surface area contributed by atoms with Crippen molar-refractivity contribution < 1.29 is 9.53 Å². The van der Waals surface area contributed by atoms with E-state index in [1.54, 1.807) is 11.8 Å². The Labute approximate surface area is 138 Å². The molecule has 1 saturated heterocycles. The number of nitrogens with one attached hydrogen (secondary N) is 1. The highest BCUT2D eigenvalue weighted by Gasteiger charge is 2.17. The number of carbonyl (C=O) groups is 1. The molecule has 1 aliphatic heterocycles. The highest BCUT2D eigenvalue weighted by Crippen LogP contribution is 2.29. The summed E-state index contributed by atoms with van der Waals surface area (Å²) in [6.07, 6.45) is 1.87. The SMILES string of the molecule is CC(C)c1ccc([C@H](C)SCC(=O)NC2CCOCC2)cc1. The molecule has 1 amide bonds. The van der Waals surface area contributed by atoms with E-state index in [9.17, 15) is 4.79 Å². The largest absolute Gasteiger partial charge is 0.381 e. The Kier molecular flexibility index (Phi) is 6.77. The van der Waals surface area contributed by atoms with E-state index in [4.69, 9.17) is 4.74 Å². The van der Waals surface area contributed by atoms with Crippen molar-refractivity contribution >= 4 is 17.7 Å². The van der Waals surface area contributed by atoms with E-state index in [0.29, 0.717) is 23.0 Å². The van der Waals surface area contributed by atoms with Crippen LogP contribution in [0.25, 0.3) is 0 Å². The lowest BCUT2D eigenvalue weighted by molar-refractivity contribution is -0.119. The van der Waals surface area contributed by atoms with E-state index < -0.39 is 0 Å². The number of thioether (sulfide) groups is 1. The number of rotatable bonds is 6. The maximum Gasteiger partial charge on any atom is 0.230 e. The molecule has 3 nitrogen and oxygen atoms in total. The number of benzene rings is 1. The molecule has 1 fully saturated rings. The summed E-state index contributed by atoms with van der Waals surface area (Å²) in [6, 6.07) is 9.05. The summed E-state index contributed by atoms with van der Waals surface area (Å²) in [5, 5.41) is 3.44. The van der Waals surface area contributed by atoms with Crippen molar-refractivity contribution in [1.82, 2.24) is 5.32 Å². The maximum atomic E-state index is 12.0. The third-order valence-corrected chi connectivity index (χ3v) is 5.32. The standard InChI is InChI=1S/C18H27NO2S/c1-13(2)15-4-6-16(7-5-15)14(3)22-12-18(20)19-17-8-10-21-11-9-17/h4-7,13-14,17H,8-12H2,1-3H3,(H,19,20)/t14-/m0/s1.